The van der Waals surface area contributed by atoms with Gasteiger partial charge in [0.15, 0.2) is 0 Å². The van der Waals surface area contributed by atoms with E-state index in [0.29, 0.717) is 18.7 Å². The van der Waals surface area contributed by atoms with Crippen LogP contribution in [0.15, 0.2) is 71.3 Å². The smallest absolute Gasteiger partial charge is 0.258 e. The molecule has 4 rings (SSSR count). The van der Waals surface area contributed by atoms with Gasteiger partial charge in [-0.15, -0.1) is 0 Å². The number of rotatable bonds is 9. The van der Waals surface area contributed by atoms with Crippen molar-refractivity contribution < 1.29 is 13.9 Å². The van der Waals surface area contributed by atoms with E-state index in [2.05, 4.69) is 12.2 Å². The Hall–Kier alpha value is -3.21. The highest BCUT2D eigenvalue weighted by molar-refractivity contribution is 6.02. The third-order valence-electron chi connectivity index (χ3n) is 5.88. The molecule has 0 saturated carbocycles. The van der Waals surface area contributed by atoms with Gasteiger partial charge in [0.2, 0.25) is 0 Å². The first-order valence-corrected chi connectivity index (χ1v) is 11.1. The number of hydrogen-bond donors (Lipinski definition) is 1. The lowest BCUT2D eigenvalue weighted by Gasteiger charge is -2.46. The lowest BCUT2D eigenvalue weighted by Crippen LogP contribution is -2.55. The Bertz CT molecular complexity index is 1020. The van der Waals surface area contributed by atoms with Gasteiger partial charge in [-0.3, -0.25) is 4.79 Å². The topological polar surface area (TPSA) is 54.7 Å². The van der Waals surface area contributed by atoms with Crippen molar-refractivity contribution in [3.8, 4) is 5.75 Å². The molecule has 5 nitrogen and oxygen atoms in total. The molecule has 1 N–H and O–H groups in total. The summed E-state index contributed by atoms with van der Waals surface area (Å²) in [4.78, 5) is 15.3. The normalized spacial score (nSPS) is 17.9. The lowest BCUT2D eigenvalue weighted by molar-refractivity contribution is 0.0486. The molecule has 0 fully saturated rings. The number of hydrogen-bond acceptors (Lipinski definition) is 4. The van der Waals surface area contributed by atoms with Gasteiger partial charge < -0.3 is 19.4 Å². The van der Waals surface area contributed by atoms with Crippen LogP contribution in [0.4, 0.5) is 5.69 Å². The molecular formula is C26H30N2O3. The fourth-order valence-corrected chi connectivity index (χ4v) is 4.08. The molecule has 0 saturated heterocycles. The van der Waals surface area contributed by atoms with E-state index in [0.717, 1.165) is 29.2 Å². The number of carbonyl (C=O) groups excluding carboxylic acids is 1. The van der Waals surface area contributed by atoms with Crippen LogP contribution in [0.3, 0.4) is 0 Å². The van der Waals surface area contributed by atoms with E-state index >= 15 is 0 Å². The number of amides is 1. The van der Waals surface area contributed by atoms with Crippen LogP contribution in [-0.2, 0) is 12.2 Å². The highest BCUT2D eigenvalue weighted by Gasteiger charge is 2.43. The summed E-state index contributed by atoms with van der Waals surface area (Å²) in [7, 11) is 0. The Morgan fingerprint density at radius 3 is 2.71 bits per heavy atom. The Balaban J connectivity index is 1.63. The van der Waals surface area contributed by atoms with Gasteiger partial charge >= 0.3 is 0 Å². The molecule has 162 valence electrons. The van der Waals surface area contributed by atoms with E-state index in [4.69, 9.17) is 9.15 Å². The van der Waals surface area contributed by atoms with Gasteiger partial charge in [-0.05, 0) is 49.7 Å². The lowest BCUT2D eigenvalue weighted by atomic mass is 9.93. The number of nitrogens with zero attached hydrogens (tertiary/aromatic N) is 1. The summed E-state index contributed by atoms with van der Waals surface area (Å²) in [6.45, 7) is 5.30. The van der Waals surface area contributed by atoms with Crippen LogP contribution in [0.2, 0.25) is 0 Å². The zero-order chi connectivity index (χ0) is 21.7. The SMILES string of the molecule is CCCCCCOc1cccc(C2(C)Nc3ccccc3C(=O)N2Cc2ccco2)c1. The molecule has 5 heteroatoms. The predicted molar refractivity (Wildman–Crippen MR) is 122 cm³/mol. The average Bonchev–Trinajstić information content (AvgIpc) is 3.30. The van der Waals surface area contributed by atoms with Crippen LogP contribution in [0.25, 0.3) is 0 Å². The maximum absolute atomic E-state index is 13.5. The minimum Gasteiger partial charge on any atom is -0.494 e. The highest BCUT2D eigenvalue weighted by Crippen LogP contribution is 2.39. The van der Waals surface area contributed by atoms with Crippen molar-refractivity contribution in [3.05, 3.63) is 83.8 Å². The molecule has 0 radical (unpaired) electrons. The quantitative estimate of drug-likeness (QED) is 0.422. The Kier molecular flexibility index (Phi) is 6.31. The third-order valence-corrected chi connectivity index (χ3v) is 5.88. The molecule has 31 heavy (non-hydrogen) atoms. The monoisotopic (exact) mass is 418 g/mol. The molecule has 2 aromatic carbocycles. The first kappa shape index (κ1) is 21.0. The van der Waals surface area contributed by atoms with E-state index in [1.807, 2.05) is 72.5 Å². The number of unbranched alkanes of at least 4 members (excludes halogenated alkanes) is 3. The second-order valence-corrected chi connectivity index (χ2v) is 8.15. The standard InChI is InChI=1S/C26H30N2O3/c1-3-4-5-8-16-30-21-12-9-11-20(18-21)26(2)27-24-15-7-6-14-23(24)25(29)28(26)19-22-13-10-17-31-22/h6-7,9-15,17-18,27H,3-5,8,16,19H2,1-2H3. The number of anilines is 1. The maximum Gasteiger partial charge on any atom is 0.258 e. The van der Waals surface area contributed by atoms with E-state index in [1.54, 1.807) is 6.26 Å². The van der Waals surface area contributed by atoms with Crippen LogP contribution in [0, 0.1) is 0 Å². The van der Waals surface area contributed by atoms with Crippen LogP contribution >= 0.6 is 0 Å². The molecule has 2 heterocycles. The molecule has 1 aliphatic heterocycles. The summed E-state index contributed by atoms with van der Waals surface area (Å²) in [5, 5.41) is 3.60. The molecule has 1 aliphatic rings. The summed E-state index contributed by atoms with van der Waals surface area (Å²) < 4.78 is 11.6. The molecule has 0 bridgehead atoms. The van der Waals surface area contributed by atoms with Crippen molar-refractivity contribution in [2.24, 2.45) is 0 Å². The minimum absolute atomic E-state index is 0.0286. The Labute approximate surface area is 184 Å². The largest absolute Gasteiger partial charge is 0.494 e. The number of furan rings is 1. The molecule has 1 amide bonds. The van der Waals surface area contributed by atoms with Crippen molar-refractivity contribution in [1.82, 2.24) is 4.90 Å². The van der Waals surface area contributed by atoms with Crippen LogP contribution < -0.4 is 10.1 Å². The molecule has 1 aromatic heterocycles. The summed E-state index contributed by atoms with van der Waals surface area (Å²) in [5.41, 5.74) is 1.71. The molecular weight excluding hydrogens is 388 g/mol. The fraction of sp³-hybridized carbons (Fsp3) is 0.346. The Morgan fingerprint density at radius 1 is 1.03 bits per heavy atom. The second-order valence-electron chi connectivity index (χ2n) is 8.15. The fourth-order valence-electron chi connectivity index (χ4n) is 4.08. The zero-order valence-electron chi connectivity index (χ0n) is 18.3. The summed E-state index contributed by atoms with van der Waals surface area (Å²) >= 11 is 0. The van der Waals surface area contributed by atoms with E-state index < -0.39 is 5.66 Å². The minimum atomic E-state index is -0.750. The number of benzene rings is 2. The van der Waals surface area contributed by atoms with Gasteiger partial charge in [0, 0.05) is 11.3 Å². The van der Waals surface area contributed by atoms with Crippen LogP contribution in [-0.4, -0.2) is 17.4 Å². The van der Waals surface area contributed by atoms with E-state index in [9.17, 15) is 4.79 Å². The van der Waals surface area contributed by atoms with Crippen molar-refractivity contribution in [1.29, 1.82) is 0 Å². The van der Waals surface area contributed by atoms with Gasteiger partial charge in [0.05, 0.1) is 25.0 Å². The predicted octanol–water partition coefficient (Wildman–Crippen LogP) is 6.18. The first-order chi connectivity index (χ1) is 15.1. The van der Waals surface area contributed by atoms with Gasteiger partial charge in [0.25, 0.3) is 5.91 Å². The average molecular weight is 419 g/mol. The zero-order valence-corrected chi connectivity index (χ0v) is 18.3. The number of fused-ring (bicyclic) bond motifs is 1. The molecule has 0 spiro atoms. The summed E-state index contributed by atoms with van der Waals surface area (Å²) in [6.07, 6.45) is 6.30. The number of carbonyl (C=O) groups is 1. The van der Waals surface area contributed by atoms with Gasteiger partial charge in [-0.1, -0.05) is 50.5 Å². The molecule has 1 atom stereocenters. The van der Waals surface area contributed by atoms with E-state index in [1.165, 1.54) is 19.3 Å². The molecule has 3 aromatic rings. The van der Waals surface area contributed by atoms with Crippen molar-refractivity contribution in [2.75, 3.05) is 11.9 Å². The van der Waals surface area contributed by atoms with Crippen molar-refractivity contribution in [3.63, 3.8) is 0 Å². The van der Waals surface area contributed by atoms with Gasteiger partial charge in [-0.2, -0.15) is 0 Å². The van der Waals surface area contributed by atoms with Crippen LogP contribution in [0.1, 0.15) is 61.2 Å². The molecule has 1 unspecified atom stereocenters. The Morgan fingerprint density at radius 2 is 1.90 bits per heavy atom. The van der Waals surface area contributed by atoms with Gasteiger partial charge in [0.1, 0.15) is 17.2 Å². The van der Waals surface area contributed by atoms with Crippen molar-refractivity contribution in [2.45, 2.75) is 51.7 Å². The second kappa shape index (κ2) is 9.29. The highest BCUT2D eigenvalue weighted by atomic mass is 16.5. The maximum atomic E-state index is 13.5. The summed E-state index contributed by atoms with van der Waals surface area (Å²) in [6, 6.07) is 19.4. The van der Waals surface area contributed by atoms with Crippen LogP contribution in [0.5, 0.6) is 5.75 Å². The summed E-state index contributed by atoms with van der Waals surface area (Å²) in [5.74, 6) is 1.53. The first-order valence-electron chi connectivity index (χ1n) is 11.1. The molecule has 0 aliphatic carbocycles. The number of ether oxygens (including phenoxy) is 1. The third kappa shape index (κ3) is 4.46. The van der Waals surface area contributed by atoms with Crippen molar-refractivity contribution >= 4 is 11.6 Å². The number of para-hydroxylation sites is 1. The van der Waals surface area contributed by atoms with E-state index in [-0.39, 0.29) is 5.91 Å². The number of nitrogens with one attached hydrogen (secondary N) is 1. The van der Waals surface area contributed by atoms with Gasteiger partial charge in [-0.25, -0.2) is 0 Å².